The lowest BCUT2D eigenvalue weighted by atomic mass is 10.2. The zero-order valence-corrected chi connectivity index (χ0v) is 13.8. The fourth-order valence-corrected chi connectivity index (χ4v) is 3.47. The Morgan fingerprint density at radius 2 is 2.09 bits per heavy atom. The van der Waals surface area contributed by atoms with Crippen LogP contribution >= 0.6 is 11.6 Å². The molecule has 1 heterocycles. The Morgan fingerprint density at radius 1 is 1.41 bits per heavy atom. The summed E-state index contributed by atoms with van der Waals surface area (Å²) in [6.45, 7) is 2.60. The molecule has 6 nitrogen and oxygen atoms in total. The van der Waals surface area contributed by atoms with Crippen molar-refractivity contribution in [3.8, 4) is 0 Å². The number of halogens is 1. The molecule has 22 heavy (non-hydrogen) atoms. The van der Waals surface area contributed by atoms with Crippen molar-refractivity contribution in [3.63, 3.8) is 0 Å². The van der Waals surface area contributed by atoms with Crippen molar-refractivity contribution in [3.05, 3.63) is 29.3 Å². The minimum absolute atomic E-state index is 0.0176. The van der Waals surface area contributed by atoms with Crippen LogP contribution in [0.3, 0.4) is 0 Å². The quantitative estimate of drug-likeness (QED) is 0.813. The molecule has 0 unspecified atom stereocenters. The number of ether oxygens (including phenoxy) is 1. The van der Waals surface area contributed by atoms with Crippen molar-refractivity contribution in [2.75, 3.05) is 13.2 Å². The average molecular weight is 347 g/mol. The molecule has 1 aromatic carbocycles. The van der Waals surface area contributed by atoms with Crippen LogP contribution in [0.4, 0.5) is 0 Å². The molecule has 1 aromatic rings. The van der Waals surface area contributed by atoms with Crippen molar-refractivity contribution in [2.45, 2.75) is 36.8 Å². The number of carbonyl (C=O) groups is 1. The molecule has 0 saturated carbocycles. The predicted octanol–water partition coefficient (Wildman–Crippen LogP) is 1.30. The molecule has 0 radical (unpaired) electrons. The maximum Gasteiger partial charge on any atom is 0.241 e. The number of rotatable bonds is 6. The first-order chi connectivity index (χ1) is 10.4. The van der Waals surface area contributed by atoms with E-state index in [1.807, 2.05) is 0 Å². The van der Waals surface area contributed by atoms with Gasteiger partial charge in [-0.2, -0.15) is 4.72 Å². The predicted molar refractivity (Wildman–Crippen MR) is 83.2 cm³/mol. The van der Waals surface area contributed by atoms with E-state index in [2.05, 4.69) is 10.0 Å². The maximum absolute atomic E-state index is 12.2. The molecular weight excluding hydrogens is 328 g/mol. The second kappa shape index (κ2) is 7.41. The first kappa shape index (κ1) is 17.2. The molecular formula is C14H19ClN2O4S. The molecule has 8 heteroatoms. The highest BCUT2D eigenvalue weighted by atomic mass is 35.5. The Morgan fingerprint density at radius 3 is 2.68 bits per heavy atom. The van der Waals surface area contributed by atoms with Crippen molar-refractivity contribution >= 4 is 27.5 Å². The van der Waals surface area contributed by atoms with Gasteiger partial charge in [-0.3, -0.25) is 4.79 Å². The lowest BCUT2D eigenvalue weighted by molar-refractivity contribution is -0.122. The highest BCUT2D eigenvalue weighted by molar-refractivity contribution is 7.89. The van der Waals surface area contributed by atoms with Crippen LogP contribution in [0.1, 0.15) is 19.8 Å². The van der Waals surface area contributed by atoms with E-state index in [4.69, 9.17) is 16.3 Å². The zero-order valence-electron chi connectivity index (χ0n) is 12.2. The number of carbonyl (C=O) groups excluding carboxylic acids is 1. The van der Waals surface area contributed by atoms with Crippen LogP contribution in [0, 0.1) is 0 Å². The molecule has 0 aliphatic carbocycles. The molecule has 122 valence electrons. The number of nitrogens with one attached hydrogen (secondary N) is 2. The van der Waals surface area contributed by atoms with Crippen molar-refractivity contribution in [1.29, 1.82) is 0 Å². The summed E-state index contributed by atoms with van der Waals surface area (Å²) in [5, 5.41) is 3.14. The Balaban J connectivity index is 1.90. The van der Waals surface area contributed by atoms with E-state index in [1.165, 1.54) is 31.2 Å². The van der Waals surface area contributed by atoms with Crippen LogP contribution in [0.25, 0.3) is 0 Å². The van der Waals surface area contributed by atoms with E-state index >= 15 is 0 Å². The van der Waals surface area contributed by atoms with E-state index in [-0.39, 0.29) is 16.9 Å². The van der Waals surface area contributed by atoms with Crippen LogP contribution in [-0.4, -0.2) is 39.6 Å². The number of sulfonamides is 1. The van der Waals surface area contributed by atoms with Gasteiger partial charge in [0, 0.05) is 18.2 Å². The summed E-state index contributed by atoms with van der Waals surface area (Å²) in [5.41, 5.74) is 0. The van der Waals surface area contributed by atoms with Crippen molar-refractivity contribution < 1.29 is 17.9 Å². The Hall–Kier alpha value is -1.15. The van der Waals surface area contributed by atoms with Gasteiger partial charge in [0.25, 0.3) is 0 Å². The van der Waals surface area contributed by atoms with E-state index < -0.39 is 16.1 Å². The average Bonchev–Trinajstić information content (AvgIpc) is 2.98. The SMILES string of the molecule is C[C@H](NS(=O)(=O)c1ccc(Cl)cc1)C(=O)NC[C@@H]1CCCO1. The summed E-state index contributed by atoms with van der Waals surface area (Å²) in [7, 11) is -3.76. The summed E-state index contributed by atoms with van der Waals surface area (Å²) in [5.74, 6) is -0.381. The molecule has 2 rings (SSSR count). The van der Waals surface area contributed by atoms with Gasteiger partial charge in [0.15, 0.2) is 0 Å². The first-order valence-corrected chi connectivity index (χ1v) is 8.92. The molecule has 0 spiro atoms. The van der Waals surface area contributed by atoms with Gasteiger partial charge < -0.3 is 10.1 Å². The number of amides is 1. The molecule has 1 saturated heterocycles. The third-order valence-electron chi connectivity index (χ3n) is 3.38. The van der Waals surface area contributed by atoms with Gasteiger partial charge in [-0.25, -0.2) is 8.42 Å². The van der Waals surface area contributed by atoms with Gasteiger partial charge in [0.1, 0.15) is 0 Å². The molecule has 1 fully saturated rings. The van der Waals surface area contributed by atoms with Gasteiger partial charge in [-0.05, 0) is 44.0 Å². The third kappa shape index (κ3) is 4.67. The summed E-state index contributed by atoms with van der Waals surface area (Å²) in [4.78, 5) is 12.0. The highest BCUT2D eigenvalue weighted by Gasteiger charge is 2.23. The minimum atomic E-state index is -3.76. The minimum Gasteiger partial charge on any atom is -0.376 e. The molecule has 0 bridgehead atoms. The molecule has 0 aromatic heterocycles. The van der Waals surface area contributed by atoms with E-state index in [0.717, 1.165) is 12.8 Å². The second-order valence-electron chi connectivity index (χ2n) is 5.18. The van der Waals surface area contributed by atoms with Crippen LogP contribution in [0.5, 0.6) is 0 Å². The summed E-state index contributed by atoms with van der Waals surface area (Å²) < 4.78 is 32.1. The van der Waals surface area contributed by atoms with E-state index in [1.54, 1.807) is 0 Å². The number of hydrogen-bond acceptors (Lipinski definition) is 4. The zero-order chi connectivity index (χ0) is 16.2. The Bertz CT molecular complexity index is 612. The second-order valence-corrected chi connectivity index (χ2v) is 7.33. The van der Waals surface area contributed by atoms with Crippen LogP contribution in [-0.2, 0) is 19.6 Å². The van der Waals surface area contributed by atoms with E-state index in [9.17, 15) is 13.2 Å². The summed E-state index contributed by atoms with van der Waals surface area (Å²) in [6, 6.07) is 4.88. The fraction of sp³-hybridized carbons (Fsp3) is 0.500. The molecule has 1 amide bonds. The van der Waals surface area contributed by atoms with Gasteiger partial charge in [-0.15, -0.1) is 0 Å². The molecule has 1 aliphatic rings. The van der Waals surface area contributed by atoms with E-state index in [0.29, 0.717) is 18.2 Å². The first-order valence-electron chi connectivity index (χ1n) is 7.06. The molecule has 2 N–H and O–H groups in total. The van der Waals surface area contributed by atoms with Crippen LogP contribution in [0.15, 0.2) is 29.2 Å². The molecule has 1 aliphatic heterocycles. The summed E-state index contributed by atoms with van der Waals surface area (Å²) >= 11 is 5.73. The third-order valence-corrected chi connectivity index (χ3v) is 5.19. The highest BCUT2D eigenvalue weighted by Crippen LogP contribution is 2.14. The largest absolute Gasteiger partial charge is 0.376 e. The van der Waals surface area contributed by atoms with Gasteiger partial charge >= 0.3 is 0 Å². The normalized spacial score (nSPS) is 19.8. The number of hydrogen-bond donors (Lipinski definition) is 2. The summed E-state index contributed by atoms with van der Waals surface area (Å²) in [6.07, 6.45) is 1.91. The topological polar surface area (TPSA) is 84.5 Å². The van der Waals surface area contributed by atoms with Gasteiger partial charge in [0.2, 0.25) is 15.9 Å². The standard InChI is InChI=1S/C14H19ClN2O4S/c1-10(14(18)16-9-12-3-2-8-21-12)17-22(19,20)13-6-4-11(15)5-7-13/h4-7,10,12,17H,2-3,8-9H2,1H3,(H,16,18)/t10-,12-/m0/s1. The maximum atomic E-state index is 12.2. The van der Waals surface area contributed by atoms with Gasteiger partial charge in [-0.1, -0.05) is 11.6 Å². The number of benzene rings is 1. The lowest BCUT2D eigenvalue weighted by Gasteiger charge is -2.16. The fourth-order valence-electron chi connectivity index (χ4n) is 2.14. The Labute approximate surface area is 135 Å². The van der Waals surface area contributed by atoms with Crippen molar-refractivity contribution in [1.82, 2.24) is 10.0 Å². The van der Waals surface area contributed by atoms with Crippen LogP contribution in [0.2, 0.25) is 5.02 Å². The van der Waals surface area contributed by atoms with Crippen molar-refractivity contribution in [2.24, 2.45) is 0 Å². The van der Waals surface area contributed by atoms with Crippen LogP contribution < -0.4 is 10.0 Å². The molecule has 2 atom stereocenters. The smallest absolute Gasteiger partial charge is 0.241 e. The monoisotopic (exact) mass is 346 g/mol. The van der Waals surface area contributed by atoms with Gasteiger partial charge in [0.05, 0.1) is 17.0 Å². The Kier molecular flexibility index (Phi) is 5.80. The lowest BCUT2D eigenvalue weighted by Crippen LogP contribution is -2.46.